The standard InChI is InChI=1S/C17H24NS/c1-11(2)15-8-7-9-16(12(3)4)17(15)18-10-19-14(6)13(18)5/h7-12H,1-6H3/q+1. The number of nitrogens with zero attached hydrogens (tertiary/aromatic N) is 1. The quantitative estimate of drug-likeness (QED) is 0.702. The summed E-state index contributed by atoms with van der Waals surface area (Å²) in [5.74, 6) is 1.08. The molecule has 0 bridgehead atoms. The summed E-state index contributed by atoms with van der Waals surface area (Å²) >= 11 is 1.83. The van der Waals surface area contributed by atoms with E-state index >= 15 is 0 Å². The van der Waals surface area contributed by atoms with Crippen LogP contribution in [0.15, 0.2) is 23.7 Å². The van der Waals surface area contributed by atoms with Gasteiger partial charge in [-0.1, -0.05) is 57.2 Å². The zero-order chi connectivity index (χ0) is 14.2. The minimum Gasteiger partial charge on any atom is -0.154 e. The van der Waals surface area contributed by atoms with E-state index < -0.39 is 0 Å². The Kier molecular flexibility index (Phi) is 4.10. The molecule has 0 radical (unpaired) electrons. The third-order valence-corrected chi connectivity index (χ3v) is 4.75. The van der Waals surface area contributed by atoms with Gasteiger partial charge in [-0.2, -0.15) is 4.57 Å². The minimum absolute atomic E-state index is 0.542. The van der Waals surface area contributed by atoms with Crippen LogP contribution in [0.5, 0.6) is 0 Å². The van der Waals surface area contributed by atoms with Crippen molar-refractivity contribution in [2.75, 3.05) is 0 Å². The van der Waals surface area contributed by atoms with Crippen LogP contribution in [-0.4, -0.2) is 0 Å². The van der Waals surface area contributed by atoms with Gasteiger partial charge in [0.2, 0.25) is 11.2 Å². The van der Waals surface area contributed by atoms with Gasteiger partial charge in [-0.3, -0.25) is 0 Å². The molecule has 19 heavy (non-hydrogen) atoms. The van der Waals surface area contributed by atoms with Crippen molar-refractivity contribution in [3.8, 4) is 5.69 Å². The largest absolute Gasteiger partial charge is 0.231 e. The Morgan fingerprint density at radius 2 is 1.47 bits per heavy atom. The molecule has 1 aromatic carbocycles. The van der Waals surface area contributed by atoms with Gasteiger partial charge in [0.15, 0.2) is 5.69 Å². The van der Waals surface area contributed by atoms with Gasteiger partial charge in [0.05, 0.1) is 4.88 Å². The summed E-state index contributed by atoms with van der Waals surface area (Å²) in [6.45, 7) is 13.5. The predicted molar refractivity (Wildman–Crippen MR) is 83.5 cm³/mol. The number of hydrogen-bond donors (Lipinski definition) is 0. The molecule has 2 heteroatoms. The molecule has 0 fully saturated rings. The molecule has 0 saturated carbocycles. The first-order chi connectivity index (χ1) is 8.93. The first-order valence-electron chi connectivity index (χ1n) is 7.03. The van der Waals surface area contributed by atoms with Crippen molar-refractivity contribution in [2.45, 2.75) is 53.4 Å². The molecule has 0 atom stereocenters. The van der Waals surface area contributed by atoms with E-state index in [-0.39, 0.29) is 0 Å². The fourth-order valence-corrected chi connectivity index (χ4v) is 3.27. The lowest BCUT2D eigenvalue weighted by Crippen LogP contribution is -2.34. The van der Waals surface area contributed by atoms with Crippen LogP contribution in [0, 0.1) is 13.8 Å². The number of aryl methyl sites for hydroxylation is 1. The maximum Gasteiger partial charge on any atom is 0.231 e. The van der Waals surface area contributed by atoms with Gasteiger partial charge in [0, 0.05) is 18.1 Å². The predicted octanol–water partition coefficient (Wildman–Crippen LogP) is 4.89. The molecule has 102 valence electrons. The highest BCUT2D eigenvalue weighted by atomic mass is 32.1. The lowest BCUT2D eigenvalue weighted by atomic mass is 9.92. The Bertz CT molecular complexity index is 553. The van der Waals surface area contributed by atoms with E-state index in [1.165, 1.54) is 27.4 Å². The molecule has 2 aromatic rings. The van der Waals surface area contributed by atoms with Gasteiger partial charge in [0.1, 0.15) is 0 Å². The summed E-state index contributed by atoms with van der Waals surface area (Å²) in [4.78, 5) is 1.40. The summed E-state index contributed by atoms with van der Waals surface area (Å²) < 4.78 is 2.38. The van der Waals surface area contributed by atoms with Crippen LogP contribution >= 0.6 is 11.3 Å². The van der Waals surface area contributed by atoms with E-state index in [4.69, 9.17) is 0 Å². The molecule has 1 aromatic heterocycles. The highest BCUT2D eigenvalue weighted by molar-refractivity contribution is 7.09. The molecule has 0 unspecified atom stereocenters. The lowest BCUT2D eigenvalue weighted by molar-refractivity contribution is -0.598. The topological polar surface area (TPSA) is 3.88 Å². The Labute approximate surface area is 120 Å². The van der Waals surface area contributed by atoms with Gasteiger partial charge >= 0.3 is 0 Å². The Morgan fingerprint density at radius 3 is 1.84 bits per heavy atom. The van der Waals surface area contributed by atoms with Crippen LogP contribution in [0.25, 0.3) is 5.69 Å². The summed E-state index contributed by atoms with van der Waals surface area (Å²) in [6, 6.07) is 6.74. The van der Waals surface area contributed by atoms with Crippen molar-refractivity contribution in [1.82, 2.24) is 0 Å². The van der Waals surface area contributed by atoms with Crippen LogP contribution in [0.2, 0.25) is 0 Å². The van der Waals surface area contributed by atoms with Gasteiger partial charge in [-0.05, 0) is 18.8 Å². The van der Waals surface area contributed by atoms with Crippen LogP contribution in [0.1, 0.15) is 61.2 Å². The van der Waals surface area contributed by atoms with Crippen molar-refractivity contribution in [3.05, 3.63) is 45.4 Å². The zero-order valence-electron chi connectivity index (χ0n) is 12.8. The maximum absolute atomic E-state index is 2.38. The molecule has 0 aliphatic carbocycles. The van der Waals surface area contributed by atoms with Gasteiger partial charge in [0.25, 0.3) is 0 Å². The molecule has 0 spiro atoms. The van der Waals surface area contributed by atoms with Crippen molar-refractivity contribution in [1.29, 1.82) is 0 Å². The normalized spacial score (nSPS) is 11.6. The van der Waals surface area contributed by atoms with Crippen molar-refractivity contribution >= 4 is 11.3 Å². The first-order valence-corrected chi connectivity index (χ1v) is 7.91. The number of para-hydroxylation sites is 1. The van der Waals surface area contributed by atoms with Crippen LogP contribution in [0.3, 0.4) is 0 Å². The molecule has 1 heterocycles. The number of hydrogen-bond acceptors (Lipinski definition) is 1. The fourth-order valence-electron chi connectivity index (χ4n) is 2.48. The second-order valence-electron chi connectivity index (χ2n) is 5.83. The van der Waals surface area contributed by atoms with E-state index in [1.807, 2.05) is 11.3 Å². The summed E-state index contributed by atoms with van der Waals surface area (Å²) in [5.41, 5.74) is 7.89. The fraction of sp³-hybridized carbons (Fsp3) is 0.471. The Hall–Kier alpha value is -1.15. The van der Waals surface area contributed by atoms with Crippen LogP contribution < -0.4 is 4.57 Å². The molecule has 0 aliphatic heterocycles. The molecule has 0 amide bonds. The number of aromatic nitrogens is 1. The van der Waals surface area contributed by atoms with E-state index in [0.29, 0.717) is 11.8 Å². The smallest absolute Gasteiger partial charge is 0.154 e. The Balaban J connectivity index is 2.75. The maximum atomic E-state index is 2.38. The van der Waals surface area contributed by atoms with Crippen molar-refractivity contribution in [3.63, 3.8) is 0 Å². The second kappa shape index (κ2) is 5.46. The average Bonchev–Trinajstić information content (AvgIpc) is 2.68. The van der Waals surface area contributed by atoms with Crippen molar-refractivity contribution in [2.24, 2.45) is 0 Å². The van der Waals surface area contributed by atoms with Crippen molar-refractivity contribution < 1.29 is 4.57 Å². The van der Waals surface area contributed by atoms with E-state index in [2.05, 4.69) is 69.8 Å². The lowest BCUT2D eigenvalue weighted by Gasteiger charge is -2.14. The molecular weight excluding hydrogens is 250 g/mol. The summed E-state index contributed by atoms with van der Waals surface area (Å²) in [6.07, 6.45) is 0. The highest BCUT2D eigenvalue weighted by Gasteiger charge is 2.25. The summed E-state index contributed by atoms with van der Waals surface area (Å²) in [7, 11) is 0. The van der Waals surface area contributed by atoms with Crippen LogP contribution in [-0.2, 0) is 0 Å². The molecule has 0 N–H and O–H groups in total. The third-order valence-electron chi connectivity index (χ3n) is 3.79. The number of rotatable bonds is 3. The molecule has 0 saturated heterocycles. The molecule has 2 rings (SSSR count). The van der Waals surface area contributed by atoms with E-state index in [9.17, 15) is 0 Å². The monoisotopic (exact) mass is 274 g/mol. The molecule has 1 nitrogen and oxygen atoms in total. The number of thiazole rings is 1. The van der Waals surface area contributed by atoms with Gasteiger partial charge in [-0.15, -0.1) is 0 Å². The second-order valence-corrected chi connectivity index (χ2v) is 6.89. The average molecular weight is 274 g/mol. The summed E-state index contributed by atoms with van der Waals surface area (Å²) in [5, 5.41) is 0. The minimum atomic E-state index is 0.542. The zero-order valence-corrected chi connectivity index (χ0v) is 13.6. The van der Waals surface area contributed by atoms with E-state index in [1.54, 1.807) is 0 Å². The van der Waals surface area contributed by atoms with Gasteiger partial charge in [-0.25, -0.2) is 0 Å². The third kappa shape index (κ3) is 2.59. The van der Waals surface area contributed by atoms with E-state index in [0.717, 1.165) is 0 Å². The van der Waals surface area contributed by atoms with Crippen LogP contribution in [0.4, 0.5) is 0 Å². The van der Waals surface area contributed by atoms with Gasteiger partial charge < -0.3 is 0 Å². The SMILES string of the molecule is Cc1sc[n+](-c2c(C(C)C)cccc2C(C)C)c1C. The highest BCUT2D eigenvalue weighted by Crippen LogP contribution is 2.29. The molecule has 0 aliphatic rings. The Morgan fingerprint density at radius 1 is 0.947 bits per heavy atom. The molecular formula is C17H24NS+. The first kappa shape index (κ1) is 14.3. The number of benzene rings is 1.